The summed E-state index contributed by atoms with van der Waals surface area (Å²) in [5, 5.41) is 0. The number of carbonyl (C=O) groups excluding carboxylic acids is 2. The molecule has 0 aliphatic carbocycles. The van der Waals surface area contributed by atoms with E-state index in [9.17, 15) is 9.59 Å². The lowest BCUT2D eigenvalue weighted by molar-refractivity contribution is -0.144. The summed E-state index contributed by atoms with van der Waals surface area (Å²) in [4.78, 5) is 25.5. The molecule has 6 heteroatoms. The van der Waals surface area contributed by atoms with Gasteiger partial charge in [0.2, 0.25) is 5.91 Å². The molecule has 1 amide bonds. The maximum Gasteiger partial charge on any atom is 0.307 e. The lowest BCUT2D eigenvalue weighted by Crippen LogP contribution is -2.42. The fraction of sp³-hybridized carbons (Fsp3) is 0.556. The van der Waals surface area contributed by atoms with Crippen LogP contribution in [0, 0.1) is 5.41 Å². The van der Waals surface area contributed by atoms with Crippen LogP contribution in [0.25, 0.3) is 0 Å². The van der Waals surface area contributed by atoms with E-state index in [2.05, 4.69) is 4.74 Å². The van der Waals surface area contributed by atoms with Crippen molar-refractivity contribution in [2.24, 2.45) is 5.41 Å². The monoisotopic (exact) mass is 337 g/mol. The normalized spacial score (nSPS) is 10.9. The van der Waals surface area contributed by atoms with Crippen LogP contribution < -0.4 is 9.47 Å². The molecule has 0 heterocycles. The minimum Gasteiger partial charge on any atom is -0.497 e. The van der Waals surface area contributed by atoms with Crippen molar-refractivity contribution in [3.8, 4) is 11.5 Å². The number of benzene rings is 1. The fourth-order valence-electron chi connectivity index (χ4n) is 2.06. The van der Waals surface area contributed by atoms with E-state index >= 15 is 0 Å². The number of carbonyl (C=O) groups is 2. The first kappa shape index (κ1) is 19.8. The molecule has 1 aromatic rings. The maximum atomic E-state index is 12.5. The largest absolute Gasteiger partial charge is 0.497 e. The van der Waals surface area contributed by atoms with Gasteiger partial charge in [-0.1, -0.05) is 20.8 Å². The molecule has 0 bridgehead atoms. The second kappa shape index (κ2) is 9.15. The molecule has 24 heavy (non-hydrogen) atoms. The number of rotatable bonds is 8. The first-order valence-electron chi connectivity index (χ1n) is 7.91. The molecule has 0 saturated carbocycles. The van der Waals surface area contributed by atoms with E-state index < -0.39 is 5.41 Å². The SMILES string of the molecule is COC(=O)CCN(CCOc1ccc(OC)cc1)C(=O)C(C)(C)C. The quantitative estimate of drug-likeness (QED) is 0.682. The van der Waals surface area contributed by atoms with Crippen LogP contribution in [-0.4, -0.2) is 50.7 Å². The van der Waals surface area contributed by atoms with Crippen molar-refractivity contribution in [1.29, 1.82) is 0 Å². The molecule has 0 unspecified atom stereocenters. The van der Waals surface area contributed by atoms with E-state index in [0.29, 0.717) is 25.4 Å². The van der Waals surface area contributed by atoms with E-state index in [1.54, 1.807) is 12.0 Å². The van der Waals surface area contributed by atoms with Gasteiger partial charge >= 0.3 is 5.97 Å². The minimum atomic E-state index is -0.518. The van der Waals surface area contributed by atoms with Crippen molar-refractivity contribution in [3.05, 3.63) is 24.3 Å². The zero-order valence-electron chi connectivity index (χ0n) is 15.1. The van der Waals surface area contributed by atoms with Crippen molar-refractivity contribution in [2.45, 2.75) is 27.2 Å². The van der Waals surface area contributed by atoms with Crippen LogP contribution >= 0.6 is 0 Å². The van der Waals surface area contributed by atoms with Gasteiger partial charge < -0.3 is 19.1 Å². The summed E-state index contributed by atoms with van der Waals surface area (Å²) in [6.45, 7) is 6.61. The Balaban J connectivity index is 2.59. The highest BCUT2D eigenvalue weighted by atomic mass is 16.5. The van der Waals surface area contributed by atoms with E-state index in [4.69, 9.17) is 9.47 Å². The highest BCUT2D eigenvalue weighted by molar-refractivity contribution is 5.82. The van der Waals surface area contributed by atoms with Gasteiger partial charge in [-0.05, 0) is 24.3 Å². The van der Waals surface area contributed by atoms with Gasteiger partial charge in [-0.3, -0.25) is 9.59 Å². The van der Waals surface area contributed by atoms with Crippen LogP contribution in [0.2, 0.25) is 0 Å². The molecule has 0 spiro atoms. The average molecular weight is 337 g/mol. The van der Waals surface area contributed by atoms with E-state index in [-0.39, 0.29) is 18.3 Å². The van der Waals surface area contributed by atoms with Gasteiger partial charge in [0.25, 0.3) is 0 Å². The van der Waals surface area contributed by atoms with Gasteiger partial charge in [-0.15, -0.1) is 0 Å². The second-order valence-electron chi connectivity index (χ2n) is 6.39. The fourth-order valence-corrected chi connectivity index (χ4v) is 2.06. The predicted molar refractivity (Wildman–Crippen MR) is 91.2 cm³/mol. The van der Waals surface area contributed by atoms with Crippen LogP contribution in [0.1, 0.15) is 27.2 Å². The first-order valence-corrected chi connectivity index (χ1v) is 7.91. The Labute approximate surface area is 143 Å². The van der Waals surface area contributed by atoms with Crippen molar-refractivity contribution in [3.63, 3.8) is 0 Å². The summed E-state index contributed by atoms with van der Waals surface area (Å²) < 4.78 is 15.4. The molecule has 134 valence electrons. The van der Waals surface area contributed by atoms with Crippen LogP contribution in [0.3, 0.4) is 0 Å². The Morgan fingerprint density at radius 1 is 1.00 bits per heavy atom. The molecule has 0 aromatic heterocycles. The summed E-state index contributed by atoms with van der Waals surface area (Å²) in [7, 11) is 2.94. The maximum absolute atomic E-state index is 12.5. The predicted octanol–water partition coefficient (Wildman–Crippen LogP) is 2.51. The molecule has 0 saturated heterocycles. The Hall–Kier alpha value is -2.24. The van der Waals surface area contributed by atoms with Crippen molar-refractivity contribution in [2.75, 3.05) is 33.9 Å². The summed E-state index contributed by atoms with van der Waals surface area (Å²) >= 11 is 0. The van der Waals surface area contributed by atoms with Crippen molar-refractivity contribution >= 4 is 11.9 Å². The van der Waals surface area contributed by atoms with Gasteiger partial charge in [-0.25, -0.2) is 0 Å². The van der Waals surface area contributed by atoms with Crippen LogP contribution in [0.15, 0.2) is 24.3 Å². The van der Waals surface area contributed by atoms with Gasteiger partial charge in [0, 0.05) is 12.0 Å². The topological polar surface area (TPSA) is 65.1 Å². The summed E-state index contributed by atoms with van der Waals surface area (Å²) in [6.07, 6.45) is 0.168. The number of methoxy groups -OCH3 is 2. The summed E-state index contributed by atoms with van der Waals surface area (Å²) in [5.74, 6) is 1.10. The molecule has 0 aliphatic heterocycles. The van der Waals surface area contributed by atoms with Crippen molar-refractivity contribution < 1.29 is 23.8 Å². The zero-order chi connectivity index (χ0) is 18.2. The van der Waals surface area contributed by atoms with Gasteiger partial charge in [0.1, 0.15) is 18.1 Å². The van der Waals surface area contributed by atoms with Crippen LogP contribution in [0.4, 0.5) is 0 Å². The van der Waals surface area contributed by atoms with Crippen LogP contribution in [0.5, 0.6) is 11.5 Å². The molecule has 6 nitrogen and oxygen atoms in total. The van der Waals surface area contributed by atoms with E-state index in [1.165, 1.54) is 7.11 Å². The lowest BCUT2D eigenvalue weighted by Gasteiger charge is -2.29. The molecule has 0 fully saturated rings. The van der Waals surface area contributed by atoms with E-state index in [1.807, 2.05) is 45.0 Å². The Morgan fingerprint density at radius 3 is 2.08 bits per heavy atom. The molecular weight excluding hydrogens is 310 g/mol. The zero-order valence-corrected chi connectivity index (χ0v) is 15.1. The second-order valence-corrected chi connectivity index (χ2v) is 6.39. The molecular formula is C18H27NO5. The third-order valence-corrected chi connectivity index (χ3v) is 3.43. The summed E-state index contributed by atoms with van der Waals surface area (Å²) in [5.41, 5.74) is -0.518. The Bertz CT molecular complexity index is 533. The molecule has 0 aliphatic rings. The van der Waals surface area contributed by atoms with E-state index in [0.717, 1.165) is 5.75 Å². The lowest BCUT2D eigenvalue weighted by atomic mass is 9.94. The molecule has 1 rings (SSSR count). The Morgan fingerprint density at radius 2 is 1.58 bits per heavy atom. The van der Waals surface area contributed by atoms with Gasteiger partial charge in [0.15, 0.2) is 0 Å². The van der Waals surface area contributed by atoms with Crippen molar-refractivity contribution in [1.82, 2.24) is 4.90 Å². The number of hydrogen-bond acceptors (Lipinski definition) is 5. The summed E-state index contributed by atoms with van der Waals surface area (Å²) in [6, 6.07) is 7.24. The Kier molecular flexibility index (Phi) is 7.55. The van der Waals surface area contributed by atoms with Gasteiger partial charge in [-0.2, -0.15) is 0 Å². The number of esters is 1. The van der Waals surface area contributed by atoms with Gasteiger partial charge in [0.05, 0.1) is 27.2 Å². The standard InChI is InChI=1S/C18H27NO5/c1-18(2,3)17(21)19(11-10-16(20)23-5)12-13-24-15-8-6-14(22-4)7-9-15/h6-9H,10-13H2,1-5H3. The average Bonchev–Trinajstić information content (AvgIpc) is 2.56. The molecule has 0 N–H and O–H groups in total. The third-order valence-electron chi connectivity index (χ3n) is 3.43. The number of hydrogen-bond donors (Lipinski definition) is 0. The molecule has 1 aromatic carbocycles. The number of ether oxygens (including phenoxy) is 3. The van der Waals surface area contributed by atoms with Crippen LogP contribution in [-0.2, 0) is 14.3 Å². The molecule has 0 radical (unpaired) electrons. The smallest absolute Gasteiger partial charge is 0.307 e. The minimum absolute atomic E-state index is 0.0234. The first-order chi connectivity index (χ1) is 11.3. The third kappa shape index (κ3) is 6.48. The highest BCUT2D eigenvalue weighted by Gasteiger charge is 2.27. The molecule has 0 atom stereocenters. The highest BCUT2D eigenvalue weighted by Crippen LogP contribution is 2.19. The number of amides is 1. The number of nitrogens with zero attached hydrogens (tertiary/aromatic N) is 1.